The molecule has 0 saturated carbocycles. The van der Waals surface area contributed by atoms with E-state index in [0.29, 0.717) is 17.3 Å². The van der Waals surface area contributed by atoms with Crippen molar-refractivity contribution in [1.29, 1.82) is 0 Å². The Morgan fingerprint density at radius 2 is 1.35 bits per heavy atom. The summed E-state index contributed by atoms with van der Waals surface area (Å²) in [6.45, 7) is 6.31. The molecule has 5 rings (SSSR count). The van der Waals surface area contributed by atoms with Crippen LogP contribution in [0.3, 0.4) is 0 Å². The third-order valence-electron chi connectivity index (χ3n) is 8.05. The number of aromatic nitrogens is 2. The van der Waals surface area contributed by atoms with Crippen molar-refractivity contribution in [3.63, 3.8) is 0 Å². The van der Waals surface area contributed by atoms with Gasteiger partial charge in [0.25, 0.3) is 5.56 Å². The highest BCUT2D eigenvalue weighted by Gasteiger charge is 2.47. The van der Waals surface area contributed by atoms with Gasteiger partial charge in [-0.3, -0.25) is 13.9 Å². The summed E-state index contributed by atoms with van der Waals surface area (Å²) in [7, 11) is 6.45. The van der Waals surface area contributed by atoms with Crippen molar-refractivity contribution in [2.75, 3.05) is 26.6 Å². The first-order valence-electron chi connectivity index (χ1n) is 15.6. The predicted molar refractivity (Wildman–Crippen MR) is 189 cm³/mol. The summed E-state index contributed by atoms with van der Waals surface area (Å²) in [6, 6.07) is 26.0. The van der Waals surface area contributed by atoms with Crippen LogP contribution >= 0.6 is 21.6 Å². The molecule has 2 N–H and O–H groups in total. The molecule has 1 aromatic heterocycles. The Hall–Kier alpha value is -3.52. The number of rotatable bonds is 13. The first-order valence-corrected chi connectivity index (χ1v) is 17.9. The monoisotopic (exact) mass is 694 g/mol. The molecule has 1 saturated heterocycles. The number of aliphatic hydroxyl groups is 2. The van der Waals surface area contributed by atoms with Crippen molar-refractivity contribution < 1.29 is 29.2 Å². The van der Waals surface area contributed by atoms with Crippen molar-refractivity contribution in [2.45, 2.75) is 62.2 Å². The molecule has 4 atom stereocenters. The van der Waals surface area contributed by atoms with Gasteiger partial charge in [-0.05, 0) is 41.0 Å². The van der Waals surface area contributed by atoms with Gasteiger partial charge in [-0.25, -0.2) is 4.79 Å². The highest BCUT2D eigenvalue weighted by atomic mass is 33.1. The van der Waals surface area contributed by atoms with Gasteiger partial charge in [0.15, 0.2) is 6.23 Å². The predicted octanol–water partition coefficient (Wildman–Crippen LogP) is 4.84. The van der Waals surface area contributed by atoms with E-state index < -0.39 is 41.4 Å². The maximum Gasteiger partial charge on any atom is 0.333 e. The van der Waals surface area contributed by atoms with Gasteiger partial charge < -0.3 is 29.2 Å². The highest BCUT2D eigenvalue weighted by Crippen LogP contribution is 2.43. The largest absolute Gasteiger partial charge is 0.497 e. The zero-order chi connectivity index (χ0) is 34.5. The van der Waals surface area contributed by atoms with Gasteiger partial charge in [0.2, 0.25) is 0 Å². The van der Waals surface area contributed by atoms with Crippen LogP contribution in [0.1, 0.15) is 43.7 Å². The van der Waals surface area contributed by atoms with E-state index >= 15 is 0 Å². The fourth-order valence-corrected chi connectivity index (χ4v) is 7.88. The minimum absolute atomic E-state index is 0.0282. The van der Waals surface area contributed by atoms with Gasteiger partial charge in [0.05, 0.1) is 20.8 Å². The maximum atomic E-state index is 13.5. The molecule has 0 radical (unpaired) electrons. The second kappa shape index (κ2) is 15.4. The van der Waals surface area contributed by atoms with Crippen molar-refractivity contribution in [3.05, 3.63) is 129 Å². The van der Waals surface area contributed by atoms with E-state index in [1.54, 1.807) is 35.8 Å². The zero-order valence-corrected chi connectivity index (χ0v) is 29.3. The van der Waals surface area contributed by atoms with Crippen LogP contribution < -0.4 is 20.7 Å². The summed E-state index contributed by atoms with van der Waals surface area (Å²) >= 11 is 0. The molecule has 256 valence electrons. The lowest BCUT2D eigenvalue weighted by Crippen LogP contribution is -2.43. The summed E-state index contributed by atoms with van der Waals surface area (Å²) < 4.78 is 26.2. The lowest BCUT2D eigenvalue weighted by molar-refractivity contribution is -0.0961. The zero-order valence-electron chi connectivity index (χ0n) is 27.6. The van der Waals surface area contributed by atoms with Crippen LogP contribution in [0.15, 0.2) is 101 Å². The number of aliphatic hydroxyl groups excluding tert-OH is 2. The Balaban J connectivity index is 1.46. The Kier molecular flexibility index (Phi) is 11.4. The third-order valence-corrected chi connectivity index (χ3v) is 11.4. The number of hydrogen-bond acceptors (Lipinski definition) is 10. The summed E-state index contributed by atoms with van der Waals surface area (Å²) in [5.74, 6) is 1.88. The maximum absolute atomic E-state index is 13.5. The fourth-order valence-electron chi connectivity index (χ4n) is 5.66. The van der Waals surface area contributed by atoms with Gasteiger partial charge in [-0.2, -0.15) is 0 Å². The van der Waals surface area contributed by atoms with Gasteiger partial charge in [-0.1, -0.05) is 97.0 Å². The molecule has 2 heterocycles. The summed E-state index contributed by atoms with van der Waals surface area (Å²) in [5, 5.41) is 22.4. The van der Waals surface area contributed by atoms with E-state index in [1.807, 2.05) is 78.9 Å². The molecule has 12 heteroatoms. The third kappa shape index (κ3) is 7.69. The van der Waals surface area contributed by atoms with Gasteiger partial charge in [-0.15, -0.1) is 0 Å². The lowest BCUT2D eigenvalue weighted by Gasteiger charge is -2.37. The van der Waals surface area contributed by atoms with Crippen LogP contribution in [0.5, 0.6) is 11.5 Å². The molecule has 10 nitrogen and oxygen atoms in total. The van der Waals surface area contributed by atoms with E-state index in [-0.39, 0.29) is 17.9 Å². The second-order valence-electron chi connectivity index (χ2n) is 12.4. The van der Waals surface area contributed by atoms with E-state index in [1.165, 1.54) is 12.3 Å². The number of nitrogens with zero attached hydrogens (tertiary/aromatic N) is 2. The van der Waals surface area contributed by atoms with Crippen LogP contribution in [-0.2, 0) is 21.6 Å². The molecule has 4 aromatic rings. The van der Waals surface area contributed by atoms with Crippen LogP contribution in [0.4, 0.5) is 0 Å². The average Bonchev–Trinajstić information content (AvgIpc) is 3.37. The van der Waals surface area contributed by atoms with Crippen LogP contribution in [0.25, 0.3) is 0 Å². The molecule has 0 unspecified atom stereocenters. The molecule has 0 bridgehead atoms. The molecule has 1 aliphatic rings. The molecule has 48 heavy (non-hydrogen) atoms. The molecule has 3 aromatic carbocycles. The molecule has 0 amide bonds. The normalized spacial score (nSPS) is 19.7. The highest BCUT2D eigenvalue weighted by molar-refractivity contribution is 8.77. The molecule has 0 aliphatic carbocycles. The topological polar surface area (TPSA) is 121 Å². The lowest BCUT2D eigenvalue weighted by atomic mass is 9.80. The first-order chi connectivity index (χ1) is 23.0. The average molecular weight is 695 g/mol. The minimum atomic E-state index is -1.46. The van der Waals surface area contributed by atoms with Crippen LogP contribution in [-0.4, -0.2) is 69.0 Å². The van der Waals surface area contributed by atoms with Crippen molar-refractivity contribution in [2.24, 2.45) is 0 Å². The molecule has 1 fully saturated rings. The van der Waals surface area contributed by atoms with Gasteiger partial charge >= 0.3 is 5.69 Å². The van der Waals surface area contributed by atoms with Crippen molar-refractivity contribution in [3.8, 4) is 11.5 Å². The quantitative estimate of drug-likeness (QED) is 0.114. The first kappa shape index (κ1) is 35.8. The summed E-state index contributed by atoms with van der Waals surface area (Å²) in [6.07, 6.45) is -3.80. The van der Waals surface area contributed by atoms with Crippen molar-refractivity contribution >= 4 is 21.6 Å². The molecular formula is C36H42N2O8S2. The van der Waals surface area contributed by atoms with E-state index in [9.17, 15) is 19.8 Å². The Morgan fingerprint density at radius 3 is 1.90 bits per heavy atom. The smallest absolute Gasteiger partial charge is 0.333 e. The van der Waals surface area contributed by atoms with Gasteiger partial charge in [0.1, 0.15) is 35.4 Å². The number of ether oxygens (including phenoxy) is 4. The Bertz CT molecular complexity index is 1710. The summed E-state index contributed by atoms with van der Waals surface area (Å²) in [5.41, 5.74) is 0.133. The van der Waals surface area contributed by atoms with E-state index in [2.05, 4.69) is 20.8 Å². The van der Waals surface area contributed by atoms with Crippen LogP contribution in [0.2, 0.25) is 0 Å². The number of methoxy groups -OCH3 is 2. The van der Waals surface area contributed by atoms with Gasteiger partial charge in [0, 0.05) is 29.3 Å². The Morgan fingerprint density at radius 1 is 0.792 bits per heavy atom. The SMILES string of the molecule is COc1ccc(C(OC[C@H]2O[C@@H](n3ccc(=O)n(CCSSC(C)(C)C)c3=O)[C@H](O)[C@@H]2O)(c2ccccc2)c2ccc(OC)cc2)cc1. The standard InChI is InChI=1S/C36H42N2O8S2/c1-35(2,3)48-47-22-21-37-30(39)19-20-38(34(37)42)33-32(41)31(40)29(46-33)23-45-36(24-9-7-6-8-10-24,25-11-15-27(43-4)16-12-25)26-13-17-28(44-5)18-14-26/h6-20,29,31-33,40-41H,21-23H2,1-5H3/t29-,31-,32-,33-/m1/s1. The summed E-state index contributed by atoms with van der Waals surface area (Å²) in [4.78, 5) is 26.1. The number of benzene rings is 3. The second-order valence-corrected chi connectivity index (χ2v) is 15.6. The minimum Gasteiger partial charge on any atom is -0.497 e. The fraction of sp³-hybridized carbons (Fsp3) is 0.389. The Labute approximate surface area is 288 Å². The molecular weight excluding hydrogens is 653 g/mol. The van der Waals surface area contributed by atoms with Crippen LogP contribution in [0, 0.1) is 0 Å². The van der Waals surface area contributed by atoms with Crippen molar-refractivity contribution in [1.82, 2.24) is 9.13 Å². The molecule has 0 spiro atoms. The van der Waals surface area contributed by atoms with E-state index in [4.69, 9.17) is 18.9 Å². The van der Waals surface area contributed by atoms with E-state index in [0.717, 1.165) is 25.8 Å². The number of hydrogen-bond donors (Lipinski definition) is 2. The molecule has 1 aliphatic heterocycles.